The second-order valence-corrected chi connectivity index (χ2v) is 8.47. The van der Waals surface area contributed by atoms with E-state index in [9.17, 15) is 9.90 Å². The maximum Gasteiger partial charge on any atom is 0.314 e. The fourth-order valence-corrected chi connectivity index (χ4v) is 4.22. The summed E-state index contributed by atoms with van der Waals surface area (Å²) in [5.74, 6) is 0.576. The molecule has 1 N–H and O–H groups in total. The number of carboxylic acid groups (broad SMARTS) is 1. The van der Waals surface area contributed by atoms with Crippen LogP contribution in [-0.4, -0.2) is 28.3 Å². The van der Waals surface area contributed by atoms with Gasteiger partial charge in [0.05, 0.1) is 18.2 Å². The highest BCUT2D eigenvalue weighted by Gasteiger charge is 2.51. The first-order chi connectivity index (χ1) is 16.0. The van der Waals surface area contributed by atoms with E-state index < -0.39 is 11.4 Å². The third-order valence-corrected chi connectivity index (χ3v) is 6.41. The lowest BCUT2D eigenvalue weighted by Crippen LogP contribution is -2.19. The van der Waals surface area contributed by atoms with Crippen molar-refractivity contribution in [2.24, 2.45) is 0 Å². The van der Waals surface area contributed by atoms with Gasteiger partial charge >= 0.3 is 5.97 Å². The summed E-state index contributed by atoms with van der Waals surface area (Å²) in [4.78, 5) is 16.1. The van der Waals surface area contributed by atoms with Crippen LogP contribution in [0.5, 0.6) is 5.88 Å². The van der Waals surface area contributed by atoms with Crippen LogP contribution in [0.3, 0.4) is 0 Å². The zero-order valence-corrected chi connectivity index (χ0v) is 18.5. The monoisotopic (exact) mass is 440 g/mol. The topological polar surface area (TPSA) is 85.5 Å². The summed E-state index contributed by atoms with van der Waals surface area (Å²) >= 11 is 0. The van der Waals surface area contributed by atoms with E-state index in [0.29, 0.717) is 25.1 Å². The van der Waals surface area contributed by atoms with Crippen molar-refractivity contribution in [2.75, 3.05) is 7.11 Å². The van der Waals surface area contributed by atoms with Gasteiger partial charge in [-0.25, -0.2) is 4.98 Å². The number of aliphatic carboxylic acids is 1. The number of rotatable bonds is 7. The number of nitrogens with zero attached hydrogens (tertiary/aromatic N) is 2. The predicted molar refractivity (Wildman–Crippen MR) is 124 cm³/mol. The van der Waals surface area contributed by atoms with Crippen LogP contribution in [0.2, 0.25) is 0 Å². The molecule has 1 saturated carbocycles. The predicted octanol–water partition coefficient (Wildman–Crippen LogP) is 5.43. The van der Waals surface area contributed by atoms with E-state index in [2.05, 4.69) is 10.1 Å². The minimum Gasteiger partial charge on any atom is -0.481 e. The molecule has 2 aromatic carbocycles. The van der Waals surface area contributed by atoms with E-state index in [1.165, 1.54) is 0 Å². The Kier molecular flexibility index (Phi) is 5.21. The highest BCUT2D eigenvalue weighted by atomic mass is 16.5. The molecule has 166 valence electrons. The molecule has 0 aliphatic heterocycles. The van der Waals surface area contributed by atoms with Gasteiger partial charge in [-0.1, -0.05) is 59.8 Å². The molecule has 2 heterocycles. The second-order valence-electron chi connectivity index (χ2n) is 8.47. The third kappa shape index (κ3) is 3.89. The van der Waals surface area contributed by atoms with Gasteiger partial charge in [-0.05, 0) is 42.5 Å². The van der Waals surface area contributed by atoms with Crippen molar-refractivity contribution < 1.29 is 19.2 Å². The molecular formula is C27H24N2O4. The molecule has 1 aliphatic rings. The minimum absolute atomic E-state index is 0.578. The maximum absolute atomic E-state index is 11.6. The number of hydrogen-bond donors (Lipinski definition) is 1. The smallest absolute Gasteiger partial charge is 0.314 e. The third-order valence-electron chi connectivity index (χ3n) is 6.41. The van der Waals surface area contributed by atoms with E-state index >= 15 is 0 Å². The molecule has 6 heteroatoms. The molecule has 0 amide bonds. The minimum atomic E-state index is -0.734. The number of methoxy groups -OCH3 is 1. The van der Waals surface area contributed by atoms with Gasteiger partial charge in [0.1, 0.15) is 0 Å². The molecule has 0 unspecified atom stereocenters. The van der Waals surface area contributed by atoms with Crippen LogP contribution in [0.1, 0.15) is 35.4 Å². The fraction of sp³-hybridized carbons (Fsp3) is 0.222. The van der Waals surface area contributed by atoms with Crippen LogP contribution < -0.4 is 4.74 Å². The number of hydrogen-bond acceptors (Lipinski definition) is 5. The van der Waals surface area contributed by atoms with Crippen LogP contribution in [0, 0.1) is 6.92 Å². The Morgan fingerprint density at radius 2 is 1.64 bits per heavy atom. The van der Waals surface area contributed by atoms with E-state index in [4.69, 9.17) is 9.26 Å². The number of benzene rings is 2. The van der Waals surface area contributed by atoms with Crippen LogP contribution in [-0.2, 0) is 16.6 Å². The van der Waals surface area contributed by atoms with Crippen molar-refractivity contribution in [3.8, 4) is 28.3 Å². The molecule has 0 bridgehead atoms. The van der Waals surface area contributed by atoms with E-state index in [1.807, 2.05) is 73.7 Å². The summed E-state index contributed by atoms with van der Waals surface area (Å²) in [6, 6.07) is 21.7. The first kappa shape index (κ1) is 20.9. The van der Waals surface area contributed by atoms with Crippen molar-refractivity contribution in [3.63, 3.8) is 0 Å². The number of ether oxygens (including phenoxy) is 1. The number of carboxylic acids is 1. The standard InChI is InChI=1S/C27H24N2O4/c1-17-23(16-22-4-3-5-24(28-22)32-2)25(33-29-17)20-8-6-18(7-9-20)19-10-12-21(13-11-19)27(14-15-27)26(30)31/h3-13H,14-16H2,1-2H3,(H,30,31). The van der Waals surface area contributed by atoms with E-state index in [0.717, 1.165) is 45.0 Å². The first-order valence-electron chi connectivity index (χ1n) is 10.9. The van der Waals surface area contributed by atoms with E-state index in [-0.39, 0.29) is 0 Å². The lowest BCUT2D eigenvalue weighted by Gasteiger charge is -2.11. The van der Waals surface area contributed by atoms with Crippen molar-refractivity contribution in [3.05, 3.63) is 89.2 Å². The van der Waals surface area contributed by atoms with Crippen LogP contribution in [0.15, 0.2) is 71.3 Å². The second kappa shape index (κ2) is 8.20. The zero-order valence-electron chi connectivity index (χ0n) is 18.5. The molecule has 4 aromatic rings. The molecule has 1 aliphatic carbocycles. The summed E-state index contributed by atoms with van der Waals surface area (Å²) in [7, 11) is 1.60. The number of aryl methyl sites for hydroxylation is 1. The van der Waals surface area contributed by atoms with Gasteiger partial charge < -0.3 is 14.4 Å². The van der Waals surface area contributed by atoms with Gasteiger partial charge in [-0.3, -0.25) is 4.79 Å². The van der Waals surface area contributed by atoms with Crippen molar-refractivity contribution in [2.45, 2.75) is 31.6 Å². The van der Waals surface area contributed by atoms with Crippen LogP contribution in [0.25, 0.3) is 22.5 Å². The zero-order chi connectivity index (χ0) is 23.0. The molecule has 0 spiro atoms. The largest absolute Gasteiger partial charge is 0.481 e. The van der Waals surface area contributed by atoms with Crippen molar-refractivity contribution >= 4 is 5.97 Å². The normalized spacial score (nSPS) is 14.1. The Hall–Kier alpha value is -3.93. The lowest BCUT2D eigenvalue weighted by atomic mass is 9.93. The summed E-state index contributed by atoms with van der Waals surface area (Å²) < 4.78 is 10.9. The highest BCUT2D eigenvalue weighted by Crippen LogP contribution is 2.48. The Bertz CT molecular complexity index is 1300. The van der Waals surface area contributed by atoms with Crippen LogP contribution >= 0.6 is 0 Å². The fourth-order valence-electron chi connectivity index (χ4n) is 4.22. The van der Waals surface area contributed by atoms with Gasteiger partial charge in [0.25, 0.3) is 0 Å². The van der Waals surface area contributed by atoms with Gasteiger partial charge in [-0.2, -0.15) is 0 Å². The SMILES string of the molecule is COc1cccc(Cc2c(C)noc2-c2ccc(-c3ccc(C4(C(=O)O)CC4)cc3)cc2)n1. The summed E-state index contributed by atoms with van der Waals surface area (Å²) in [6.07, 6.45) is 2.01. The summed E-state index contributed by atoms with van der Waals surface area (Å²) in [5.41, 5.74) is 5.95. The Labute approximate surface area is 191 Å². The molecular weight excluding hydrogens is 416 g/mol. The van der Waals surface area contributed by atoms with Crippen LogP contribution in [0.4, 0.5) is 0 Å². The number of pyridine rings is 1. The van der Waals surface area contributed by atoms with Gasteiger partial charge in [0, 0.05) is 29.3 Å². The van der Waals surface area contributed by atoms with Gasteiger partial charge in [-0.15, -0.1) is 0 Å². The molecule has 33 heavy (non-hydrogen) atoms. The molecule has 6 nitrogen and oxygen atoms in total. The van der Waals surface area contributed by atoms with Crippen molar-refractivity contribution in [1.82, 2.24) is 10.1 Å². The Morgan fingerprint density at radius 1 is 1.00 bits per heavy atom. The molecule has 0 atom stereocenters. The van der Waals surface area contributed by atoms with Crippen molar-refractivity contribution in [1.29, 1.82) is 0 Å². The lowest BCUT2D eigenvalue weighted by molar-refractivity contribution is -0.140. The molecule has 1 fully saturated rings. The summed E-state index contributed by atoms with van der Waals surface area (Å²) in [5, 5.41) is 13.7. The average Bonchev–Trinajstić information content (AvgIpc) is 3.59. The molecule has 0 radical (unpaired) electrons. The maximum atomic E-state index is 11.6. The quantitative estimate of drug-likeness (QED) is 0.413. The highest BCUT2D eigenvalue weighted by molar-refractivity contribution is 5.85. The van der Waals surface area contributed by atoms with Gasteiger partial charge in [0.2, 0.25) is 5.88 Å². The molecule has 5 rings (SSSR count). The number of aromatic nitrogens is 2. The first-order valence-corrected chi connectivity index (χ1v) is 10.9. The van der Waals surface area contributed by atoms with Gasteiger partial charge in [0.15, 0.2) is 5.76 Å². The molecule has 2 aromatic heterocycles. The average molecular weight is 440 g/mol. The summed E-state index contributed by atoms with van der Waals surface area (Å²) in [6.45, 7) is 1.93. The number of carbonyl (C=O) groups is 1. The molecule has 0 saturated heterocycles. The Balaban J connectivity index is 1.39. The van der Waals surface area contributed by atoms with E-state index in [1.54, 1.807) is 7.11 Å². The Morgan fingerprint density at radius 3 is 2.24 bits per heavy atom.